The van der Waals surface area contributed by atoms with Crippen molar-refractivity contribution in [1.29, 1.82) is 0 Å². The van der Waals surface area contributed by atoms with Crippen LogP contribution in [0, 0.1) is 5.92 Å². The lowest BCUT2D eigenvalue weighted by Gasteiger charge is -2.33. The standard InChI is InChI=1S/C17H18F3N5O/c1-21-16(26)12-3-2-8-25(10-12)14-9-13(17(18,19)20)23-15(24-14)11-4-6-22-7-5-11/h4-7,9,12H,2-3,8,10H2,1H3,(H,21,26). The van der Waals surface area contributed by atoms with Gasteiger partial charge in [0.25, 0.3) is 0 Å². The smallest absolute Gasteiger partial charge is 0.359 e. The molecule has 0 radical (unpaired) electrons. The summed E-state index contributed by atoms with van der Waals surface area (Å²) >= 11 is 0. The highest BCUT2D eigenvalue weighted by Gasteiger charge is 2.35. The van der Waals surface area contributed by atoms with Gasteiger partial charge in [-0.1, -0.05) is 0 Å². The van der Waals surface area contributed by atoms with E-state index >= 15 is 0 Å². The van der Waals surface area contributed by atoms with Crippen LogP contribution in [0.25, 0.3) is 11.4 Å². The topological polar surface area (TPSA) is 71.0 Å². The van der Waals surface area contributed by atoms with Gasteiger partial charge in [-0.05, 0) is 25.0 Å². The van der Waals surface area contributed by atoms with Crippen molar-refractivity contribution in [2.24, 2.45) is 5.92 Å². The van der Waals surface area contributed by atoms with E-state index in [0.29, 0.717) is 31.5 Å². The molecule has 1 saturated heterocycles. The van der Waals surface area contributed by atoms with Crippen LogP contribution >= 0.6 is 0 Å². The molecule has 1 aliphatic rings. The van der Waals surface area contributed by atoms with Crippen molar-refractivity contribution in [3.63, 3.8) is 0 Å². The Labute approximate surface area is 148 Å². The number of hydrogen-bond acceptors (Lipinski definition) is 5. The first-order valence-corrected chi connectivity index (χ1v) is 8.21. The van der Waals surface area contributed by atoms with Gasteiger partial charge in [0, 0.05) is 44.2 Å². The fourth-order valence-corrected chi connectivity index (χ4v) is 2.98. The maximum absolute atomic E-state index is 13.3. The quantitative estimate of drug-likeness (QED) is 0.905. The zero-order chi connectivity index (χ0) is 18.7. The molecule has 9 heteroatoms. The molecule has 2 aromatic rings. The summed E-state index contributed by atoms with van der Waals surface area (Å²) in [5.41, 5.74) is -0.552. The molecule has 0 bridgehead atoms. The van der Waals surface area contributed by atoms with Crippen LogP contribution in [0.15, 0.2) is 30.6 Å². The molecule has 0 aromatic carbocycles. The third kappa shape index (κ3) is 3.92. The molecule has 2 aromatic heterocycles. The number of carbonyl (C=O) groups is 1. The summed E-state index contributed by atoms with van der Waals surface area (Å²) in [5, 5.41) is 2.59. The van der Waals surface area contributed by atoms with Crippen molar-refractivity contribution in [1.82, 2.24) is 20.3 Å². The Kier molecular flexibility index (Phi) is 5.06. The van der Waals surface area contributed by atoms with Crippen molar-refractivity contribution >= 4 is 11.7 Å². The lowest BCUT2D eigenvalue weighted by atomic mass is 9.97. The Balaban J connectivity index is 1.99. The van der Waals surface area contributed by atoms with Crippen molar-refractivity contribution in [2.45, 2.75) is 19.0 Å². The minimum absolute atomic E-state index is 0.0145. The van der Waals surface area contributed by atoms with Crippen LogP contribution in [0.2, 0.25) is 0 Å². The number of nitrogens with zero attached hydrogens (tertiary/aromatic N) is 4. The number of piperidine rings is 1. The van der Waals surface area contributed by atoms with Gasteiger partial charge in [-0.2, -0.15) is 13.2 Å². The lowest BCUT2D eigenvalue weighted by molar-refractivity contribution is -0.141. The maximum Gasteiger partial charge on any atom is 0.433 e. The van der Waals surface area contributed by atoms with Crippen molar-refractivity contribution < 1.29 is 18.0 Å². The van der Waals surface area contributed by atoms with Crippen LogP contribution in [-0.2, 0) is 11.0 Å². The van der Waals surface area contributed by atoms with Gasteiger partial charge in [0.1, 0.15) is 5.82 Å². The average molecular weight is 365 g/mol. The summed E-state index contributed by atoms with van der Waals surface area (Å²) in [7, 11) is 1.55. The molecule has 1 unspecified atom stereocenters. The Morgan fingerprint density at radius 2 is 2.00 bits per heavy atom. The first-order valence-electron chi connectivity index (χ1n) is 8.21. The molecule has 138 valence electrons. The van der Waals surface area contributed by atoms with Crippen LogP contribution in [0.4, 0.5) is 19.0 Å². The van der Waals surface area contributed by atoms with Gasteiger partial charge in [-0.25, -0.2) is 9.97 Å². The molecule has 0 saturated carbocycles. The van der Waals surface area contributed by atoms with E-state index in [2.05, 4.69) is 20.3 Å². The number of carbonyl (C=O) groups excluding carboxylic acids is 1. The van der Waals surface area contributed by atoms with Crippen LogP contribution in [0.5, 0.6) is 0 Å². The Morgan fingerprint density at radius 1 is 1.27 bits per heavy atom. The summed E-state index contributed by atoms with van der Waals surface area (Å²) in [6.07, 6.45) is -0.240. The predicted molar refractivity (Wildman–Crippen MR) is 89.3 cm³/mol. The molecule has 1 aliphatic heterocycles. The molecule has 1 fully saturated rings. The number of rotatable bonds is 3. The number of amides is 1. The second kappa shape index (κ2) is 7.27. The zero-order valence-electron chi connectivity index (χ0n) is 14.1. The molecule has 6 nitrogen and oxygen atoms in total. The maximum atomic E-state index is 13.3. The molecule has 26 heavy (non-hydrogen) atoms. The summed E-state index contributed by atoms with van der Waals surface area (Å²) in [4.78, 5) is 25.5. The molecular weight excluding hydrogens is 347 g/mol. The van der Waals surface area contributed by atoms with Crippen LogP contribution in [0.3, 0.4) is 0 Å². The largest absolute Gasteiger partial charge is 0.433 e. The fraction of sp³-hybridized carbons (Fsp3) is 0.412. The second-order valence-electron chi connectivity index (χ2n) is 6.07. The molecule has 1 amide bonds. The van der Waals surface area contributed by atoms with Crippen molar-refractivity contribution in [3.05, 3.63) is 36.3 Å². The lowest BCUT2D eigenvalue weighted by Crippen LogP contribution is -2.42. The van der Waals surface area contributed by atoms with Gasteiger partial charge in [0.2, 0.25) is 5.91 Å². The first kappa shape index (κ1) is 18.1. The van der Waals surface area contributed by atoms with E-state index in [4.69, 9.17) is 0 Å². The average Bonchev–Trinajstić information content (AvgIpc) is 2.67. The number of halogens is 3. The van der Waals surface area contributed by atoms with Gasteiger partial charge in [0.15, 0.2) is 11.5 Å². The molecule has 3 heterocycles. The number of hydrogen-bond donors (Lipinski definition) is 1. The normalized spacial score (nSPS) is 17.8. The number of pyridine rings is 1. The minimum atomic E-state index is -4.59. The fourth-order valence-electron chi connectivity index (χ4n) is 2.98. The third-order valence-corrected chi connectivity index (χ3v) is 4.30. The van der Waals surface area contributed by atoms with Crippen molar-refractivity contribution in [2.75, 3.05) is 25.0 Å². The SMILES string of the molecule is CNC(=O)C1CCCN(c2cc(C(F)(F)F)nc(-c3ccncc3)n2)C1. The first-order chi connectivity index (χ1) is 12.4. The highest BCUT2D eigenvalue weighted by atomic mass is 19.4. The summed E-state index contributed by atoms with van der Waals surface area (Å²) in [6, 6.07) is 4.06. The number of aromatic nitrogens is 3. The Morgan fingerprint density at radius 3 is 2.65 bits per heavy atom. The van der Waals surface area contributed by atoms with E-state index in [9.17, 15) is 18.0 Å². The van der Waals surface area contributed by atoms with Crippen LogP contribution < -0.4 is 10.2 Å². The van der Waals surface area contributed by atoms with Gasteiger partial charge in [0.05, 0.1) is 5.92 Å². The third-order valence-electron chi connectivity index (χ3n) is 4.30. The molecule has 3 rings (SSSR count). The summed E-state index contributed by atoms with van der Waals surface area (Å²) < 4.78 is 39.9. The van der Waals surface area contributed by atoms with Gasteiger partial charge in [-0.15, -0.1) is 0 Å². The van der Waals surface area contributed by atoms with E-state index in [1.165, 1.54) is 12.4 Å². The van der Waals surface area contributed by atoms with E-state index in [1.807, 2.05) is 0 Å². The molecule has 1 atom stereocenters. The van der Waals surface area contributed by atoms with E-state index in [0.717, 1.165) is 6.07 Å². The van der Waals surface area contributed by atoms with E-state index in [-0.39, 0.29) is 23.5 Å². The predicted octanol–water partition coefficient (Wildman–Crippen LogP) is 2.52. The second-order valence-corrected chi connectivity index (χ2v) is 6.07. The molecule has 1 N–H and O–H groups in total. The molecule has 0 spiro atoms. The highest BCUT2D eigenvalue weighted by Crippen LogP contribution is 2.32. The molecule has 0 aliphatic carbocycles. The highest BCUT2D eigenvalue weighted by molar-refractivity contribution is 5.79. The number of anilines is 1. The van der Waals surface area contributed by atoms with Crippen LogP contribution in [0.1, 0.15) is 18.5 Å². The monoisotopic (exact) mass is 365 g/mol. The zero-order valence-corrected chi connectivity index (χ0v) is 14.1. The van der Waals surface area contributed by atoms with E-state index < -0.39 is 11.9 Å². The minimum Gasteiger partial charge on any atom is -0.359 e. The Bertz CT molecular complexity index is 782. The molecular formula is C17H18F3N5O. The van der Waals surface area contributed by atoms with Gasteiger partial charge < -0.3 is 10.2 Å². The number of nitrogens with one attached hydrogen (secondary N) is 1. The number of alkyl halides is 3. The van der Waals surface area contributed by atoms with Gasteiger partial charge >= 0.3 is 6.18 Å². The van der Waals surface area contributed by atoms with Gasteiger partial charge in [-0.3, -0.25) is 9.78 Å². The summed E-state index contributed by atoms with van der Waals surface area (Å²) in [5.74, 6) is -0.233. The van der Waals surface area contributed by atoms with Crippen LogP contribution in [-0.4, -0.2) is 41.0 Å². The Hall–Kier alpha value is -2.71. The summed E-state index contributed by atoms with van der Waals surface area (Å²) in [6.45, 7) is 0.862. The van der Waals surface area contributed by atoms with Crippen molar-refractivity contribution in [3.8, 4) is 11.4 Å². The van der Waals surface area contributed by atoms with E-state index in [1.54, 1.807) is 24.1 Å².